The van der Waals surface area contributed by atoms with E-state index in [0.29, 0.717) is 6.61 Å². The van der Waals surface area contributed by atoms with Crippen LogP contribution in [0.2, 0.25) is 0 Å². The molecule has 0 radical (unpaired) electrons. The van der Waals surface area contributed by atoms with Gasteiger partial charge in [-0.15, -0.1) is 0 Å². The largest absolute Gasteiger partial charge is 0.492 e. The molecule has 74 valence electrons. The van der Waals surface area contributed by atoms with Crippen LogP contribution in [0.25, 0.3) is 0 Å². The van der Waals surface area contributed by atoms with Crippen LogP contribution >= 0.6 is 0 Å². The number of ether oxygens (including phenoxy) is 1. The fraction of sp³-hybridized carbons (Fsp3) is 0.364. The van der Waals surface area contributed by atoms with Crippen molar-refractivity contribution >= 4 is 5.91 Å². The van der Waals surface area contributed by atoms with Crippen molar-refractivity contribution in [2.24, 2.45) is 5.92 Å². The lowest BCUT2D eigenvalue weighted by atomic mass is 9.96. The van der Waals surface area contributed by atoms with Gasteiger partial charge < -0.3 is 10.1 Å². The lowest BCUT2D eigenvalue weighted by Gasteiger charge is -2.23. The van der Waals surface area contributed by atoms with E-state index >= 15 is 0 Å². The summed E-state index contributed by atoms with van der Waals surface area (Å²) in [6.07, 6.45) is 0.774. The van der Waals surface area contributed by atoms with Gasteiger partial charge in [0.05, 0.1) is 5.92 Å². The lowest BCUT2D eigenvalue weighted by molar-refractivity contribution is -0.125. The van der Waals surface area contributed by atoms with Crippen molar-refractivity contribution in [1.29, 1.82) is 0 Å². The topological polar surface area (TPSA) is 38.3 Å². The Kier molecular flexibility index (Phi) is 2.39. The van der Waals surface area contributed by atoms with Crippen molar-refractivity contribution in [1.82, 2.24) is 5.32 Å². The average Bonchev–Trinajstić information content (AvgIpc) is 2.27. The zero-order chi connectivity index (χ0) is 9.97. The van der Waals surface area contributed by atoms with Gasteiger partial charge in [-0.3, -0.25) is 4.79 Å². The summed E-state index contributed by atoms with van der Waals surface area (Å²) >= 11 is 0. The van der Waals surface area contributed by atoms with Crippen molar-refractivity contribution in [3.63, 3.8) is 0 Å². The van der Waals surface area contributed by atoms with Crippen LogP contribution in [0, 0.1) is 5.92 Å². The average molecular weight is 191 g/mol. The number of hydrogen-bond acceptors (Lipinski definition) is 2. The van der Waals surface area contributed by atoms with Gasteiger partial charge in [0.1, 0.15) is 12.4 Å². The number of para-hydroxylation sites is 1. The second-order valence-electron chi connectivity index (χ2n) is 3.43. The molecule has 1 N–H and O–H groups in total. The fourth-order valence-electron chi connectivity index (χ4n) is 1.70. The standard InChI is InChI=1S/C11H13NO2/c1-12-11(13)9-6-8-4-2-3-5-10(8)14-7-9/h2-5,9H,6-7H2,1H3,(H,12,13). The monoisotopic (exact) mass is 191 g/mol. The number of rotatable bonds is 1. The Labute approximate surface area is 83.1 Å². The minimum absolute atomic E-state index is 0.0464. The van der Waals surface area contributed by atoms with E-state index in [1.807, 2.05) is 24.3 Å². The number of carbonyl (C=O) groups is 1. The molecule has 0 aromatic heterocycles. The Hall–Kier alpha value is -1.51. The molecule has 1 aromatic rings. The van der Waals surface area contributed by atoms with Gasteiger partial charge >= 0.3 is 0 Å². The highest BCUT2D eigenvalue weighted by atomic mass is 16.5. The summed E-state index contributed by atoms with van der Waals surface area (Å²) in [6, 6.07) is 7.85. The molecule has 1 unspecified atom stereocenters. The zero-order valence-corrected chi connectivity index (χ0v) is 8.12. The molecule has 1 aromatic carbocycles. The normalized spacial score (nSPS) is 19.4. The van der Waals surface area contributed by atoms with Crippen molar-refractivity contribution < 1.29 is 9.53 Å². The van der Waals surface area contributed by atoms with Crippen molar-refractivity contribution in [2.75, 3.05) is 13.7 Å². The van der Waals surface area contributed by atoms with Gasteiger partial charge in [0, 0.05) is 7.05 Å². The second kappa shape index (κ2) is 3.70. The molecule has 3 nitrogen and oxygen atoms in total. The maximum absolute atomic E-state index is 11.4. The van der Waals surface area contributed by atoms with Gasteiger partial charge in [-0.2, -0.15) is 0 Å². The zero-order valence-electron chi connectivity index (χ0n) is 8.12. The van der Waals surface area contributed by atoms with E-state index in [1.54, 1.807) is 7.05 Å². The minimum atomic E-state index is -0.0464. The fourth-order valence-corrected chi connectivity index (χ4v) is 1.70. The molecule has 0 spiro atoms. The molecule has 0 aliphatic carbocycles. The Bertz CT molecular complexity index is 349. The highest BCUT2D eigenvalue weighted by molar-refractivity contribution is 5.79. The first-order valence-corrected chi connectivity index (χ1v) is 4.73. The molecule has 1 heterocycles. The van der Waals surface area contributed by atoms with Crippen LogP contribution < -0.4 is 10.1 Å². The molecule has 1 atom stereocenters. The number of fused-ring (bicyclic) bond motifs is 1. The van der Waals surface area contributed by atoms with Gasteiger partial charge in [0.2, 0.25) is 5.91 Å². The summed E-state index contributed by atoms with van der Waals surface area (Å²) in [5.74, 6) is 0.919. The van der Waals surface area contributed by atoms with Gasteiger partial charge in [-0.05, 0) is 18.1 Å². The highest BCUT2D eigenvalue weighted by Crippen LogP contribution is 2.26. The maximum atomic E-state index is 11.4. The predicted octanol–water partition coefficient (Wildman–Crippen LogP) is 0.984. The summed E-state index contributed by atoms with van der Waals surface area (Å²) < 4.78 is 5.50. The third-order valence-corrected chi connectivity index (χ3v) is 2.50. The van der Waals surface area contributed by atoms with Gasteiger partial charge in [-0.25, -0.2) is 0 Å². The quantitative estimate of drug-likeness (QED) is 0.718. The van der Waals surface area contributed by atoms with Gasteiger partial charge in [0.15, 0.2) is 0 Å². The van der Waals surface area contributed by atoms with Crippen LogP contribution in [-0.2, 0) is 11.2 Å². The Morgan fingerprint density at radius 3 is 3.07 bits per heavy atom. The lowest BCUT2D eigenvalue weighted by Crippen LogP contribution is -2.35. The van der Waals surface area contributed by atoms with Gasteiger partial charge in [-0.1, -0.05) is 18.2 Å². The van der Waals surface area contributed by atoms with Crippen LogP contribution in [0.5, 0.6) is 5.75 Å². The summed E-state index contributed by atoms with van der Waals surface area (Å²) in [7, 11) is 1.66. The van der Waals surface area contributed by atoms with Crippen LogP contribution in [0.1, 0.15) is 5.56 Å². The van der Waals surface area contributed by atoms with Crippen molar-refractivity contribution in [3.05, 3.63) is 29.8 Å². The van der Waals surface area contributed by atoms with E-state index in [1.165, 1.54) is 0 Å². The smallest absolute Gasteiger partial charge is 0.226 e. The molecule has 14 heavy (non-hydrogen) atoms. The number of nitrogens with one attached hydrogen (secondary N) is 1. The summed E-state index contributed by atoms with van der Waals surface area (Å²) in [6.45, 7) is 0.483. The molecule has 0 fully saturated rings. The number of hydrogen-bond donors (Lipinski definition) is 1. The van der Waals surface area contributed by atoms with E-state index < -0.39 is 0 Å². The minimum Gasteiger partial charge on any atom is -0.492 e. The molecular weight excluding hydrogens is 178 g/mol. The predicted molar refractivity (Wildman–Crippen MR) is 53.2 cm³/mol. The molecule has 0 saturated heterocycles. The van der Waals surface area contributed by atoms with E-state index in [0.717, 1.165) is 17.7 Å². The van der Waals surface area contributed by atoms with Crippen LogP contribution in [-0.4, -0.2) is 19.6 Å². The number of benzene rings is 1. The summed E-state index contributed by atoms with van der Waals surface area (Å²) in [5, 5.41) is 2.65. The van der Waals surface area contributed by atoms with E-state index in [2.05, 4.69) is 5.32 Å². The first-order valence-electron chi connectivity index (χ1n) is 4.73. The molecule has 0 bridgehead atoms. The maximum Gasteiger partial charge on any atom is 0.226 e. The van der Waals surface area contributed by atoms with Crippen molar-refractivity contribution in [2.45, 2.75) is 6.42 Å². The van der Waals surface area contributed by atoms with Crippen LogP contribution in [0.15, 0.2) is 24.3 Å². The summed E-state index contributed by atoms with van der Waals surface area (Å²) in [5.41, 5.74) is 1.12. The van der Waals surface area contributed by atoms with E-state index in [9.17, 15) is 4.79 Å². The molecule has 1 aliphatic rings. The molecule has 1 amide bonds. The van der Waals surface area contributed by atoms with Gasteiger partial charge in [0.25, 0.3) is 0 Å². The number of carbonyl (C=O) groups excluding carboxylic acids is 1. The first-order chi connectivity index (χ1) is 6.81. The highest BCUT2D eigenvalue weighted by Gasteiger charge is 2.24. The molecule has 2 rings (SSSR count). The Morgan fingerprint density at radius 2 is 2.29 bits per heavy atom. The van der Waals surface area contributed by atoms with Crippen LogP contribution in [0.3, 0.4) is 0 Å². The Balaban J connectivity index is 2.17. The SMILES string of the molecule is CNC(=O)C1COc2ccccc2C1. The molecule has 3 heteroatoms. The molecule has 0 saturated carbocycles. The van der Waals surface area contributed by atoms with Crippen LogP contribution in [0.4, 0.5) is 0 Å². The van der Waals surface area contributed by atoms with E-state index in [-0.39, 0.29) is 11.8 Å². The van der Waals surface area contributed by atoms with Crippen molar-refractivity contribution in [3.8, 4) is 5.75 Å². The molecule has 1 aliphatic heterocycles. The first kappa shape index (κ1) is 9.06. The Morgan fingerprint density at radius 1 is 1.50 bits per heavy atom. The molecular formula is C11H13NO2. The third kappa shape index (κ3) is 1.58. The number of amides is 1. The van der Waals surface area contributed by atoms with E-state index in [4.69, 9.17) is 4.74 Å². The second-order valence-corrected chi connectivity index (χ2v) is 3.43. The third-order valence-electron chi connectivity index (χ3n) is 2.50. The summed E-state index contributed by atoms with van der Waals surface area (Å²) in [4.78, 5) is 11.4.